The molecule has 1 aromatic carbocycles. The van der Waals surface area contributed by atoms with Crippen LogP contribution in [0.2, 0.25) is 0 Å². The monoisotopic (exact) mass is 266 g/mol. The molecule has 0 radical (unpaired) electrons. The summed E-state index contributed by atoms with van der Waals surface area (Å²) in [5.74, 6) is 0. The van der Waals surface area contributed by atoms with E-state index < -0.39 is 0 Å². The Labute approximate surface area is 116 Å². The zero-order valence-electron chi connectivity index (χ0n) is 12.3. The molecule has 1 rings (SSSR count). The Balaban J connectivity index is 2.72. The molecule has 0 unspecified atom stereocenters. The summed E-state index contributed by atoms with van der Waals surface area (Å²) < 4.78 is 10.9. The number of nitrogens with two attached hydrogens (primary N) is 1. The lowest BCUT2D eigenvalue weighted by Crippen LogP contribution is -2.31. The lowest BCUT2D eigenvalue weighted by molar-refractivity contribution is 0.141. The van der Waals surface area contributed by atoms with E-state index in [9.17, 15) is 0 Å². The molecule has 0 bridgehead atoms. The molecule has 1 aromatic rings. The van der Waals surface area contributed by atoms with Gasteiger partial charge >= 0.3 is 0 Å². The van der Waals surface area contributed by atoms with Crippen molar-refractivity contribution >= 4 is 11.4 Å². The first-order valence-electron chi connectivity index (χ1n) is 6.96. The second kappa shape index (κ2) is 8.77. The summed E-state index contributed by atoms with van der Waals surface area (Å²) in [4.78, 5) is 2.27. The van der Waals surface area contributed by atoms with Crippen LogP contribution in [-0.2, 0) is 9.47 Å². The average molecular weight is 266 g/mol. The highest BCUT2D eigenvalue weighted by molar-refractivity contribution is 5.64. The van der Waals surface area contributed by atoms with Gasteiger partial charge in [-0.25, -0.2) is 0 Å². The van der Waals surface area contributed by atoms with Crippen molar-refractivity contribution in [3.8, 4) is 0 Å². The van der Waals surface area contributed by atoms with Gasteiger partial charge in [0.2, 0.25) is 0 Å². The maximum Gasteiger partial charge on any atom is 0.0641 e. The van der Waals surface area contributed by atoms with Crippen molar-refractivity contribution in [2.45, 2.75) is 20.8 Å². The van der Waals surface area contributed by atoms with Crippen molar-refractivity contribution < 1.29 is 9.47 Å². The summed E-state index contributed by atoms with van der Waals surface area (Å²) in [5.41, 5.74) is 9.09. The summed E-state index contributed by atoms with van der Waals surface area (Å²) in [5, 5.41) is 0. The lowest BCUT2D eigenvalue weighted by atomic mass is 10.1. The summed E-state index contributed by atoms with van der Waals surface area (Å²) in [6, 6.07) is 6.03. The maximum absolute atomic E-state index is 5.98. The van der Waals surface area contributed by atoms with Crippen LogP contribution in [0.15, 0.2) is 18.2 Å². The van der Waals surface area contributed by atoms with Crippen LogP contribution in [0.3, 0.4) is 0 Å². The number of rotatable bonds is 9. The van der Waals surface area contributed by atoms with Crippen LogP contribution in [0.4, 0.5) is 11.4 Å². The normalized spacial score (nSPS) is 10.7. The highest BCUT2D eigenvalue weighted by atomic mass is 16.5. The topological polar surface area (TPSA) is 47.7 Å². The Hall–Kier alpha value is -1.26. The first kappa shape index (κ1) is 15.8. The molecule has 2 N–H and O–H groups in total. The van der Waals surface area contributed by atoms with Gasteiger partial charge in [-0.05, 0) is 38.5 Å². The molecule has 0 fully saturated rings. The smallest absolute Gasteiger partial charge is 0.0641 e. The number of anilines is 2. The molecule has 0 aliphatic carbocycles. The first-order valence-corrected chi connectivity index (χ1v) is 6.96. The molecule has 0 heterocycles. The zero-order chi connectivity index (χ0) is 14.1. The van der Waals surface area contributed by atoms with Gasteiger partial charge in [-0.1, -0.05) is 6.07 Å². The molecule has 0 aliphatic heterocycles. The molecule has 0 aliphatic rings. The lowest BCUT2D eigenvalue weighted by Gasteiger charge is -2.26. The molecule has 0 atom stereocenters. The highest BCUT2D eigenvalue weighted by Gasteiger charge is 2.10. The largest absolute Gasteiger partial charge is 0.398 e. The van der Waals surface area contributed by atoms with E-state index in [-0.39, 0.29) is 0 Å². The standard InChI is InChI=1S/C15H26N2O2/c1-4-18-11-9-17(10-12-19-5-2)15-8-6-7-14(16)13(15)3/h6-8H,4-5,9-12,16H2,1-3H3. The summed E-state index contributed by atoms with van der Waals surface area (Å²) in [6.07, 6.45) is 0. The average Bonchev–Trinajstić information content (AvgIpc) is 2.41. The van der Waals surface area contributed by atoms with E-state index in [1.54, 1.807) is 0 Å². The first-order chi connectivity index (χ1) is 9.20. The fourth-order valence-electron chi connectivity index (χ4n) is 1.97. The van der Waals surface area contributed by atoms with Gasteiger partial charge in [0.1, 0.15) is 0 Å². The van der Waals surface area contributed by atoms with Crippen molar-refractivity contribution in [1.29, 1.82) is 0 Å². The van der Waals surface area contributed by atoms with Crippen molar-refractivity contribution in [2.75, 3.05) is 50.2 Å². The number of nitrogen functional groups attached to an aromatic ring is 1. The van der Waals surface area contributed by atoms with Crippen LogP contribution in [0.1, 0.15) is 19.4 Å². The van der Waals surface area contributed by atoms with Gasteiger partial charge in [0.15, 0.2) is 0 Å². The minimum absolute atomic E-state index is 0.719. The van der Waals surface area contributed by atoms with Crippen LogP contribution in [0.25, 0.3) is 0 Å². The predicted molar refractivity (Wildman–Crippen MR) is 80.8 cm³/mol. The fourth-order valence-corrected chi connectivity index (χ4v) is 1.97. The van der Waals surface area contributed by atoms with Gasteiger partial charge in [-0.2, -0.15) is 0 Å². The van der Waals surface area contributed by atoms with Gasteiger partial charge in [0.25, 0.3) is 0 Å². The van der Waals surface area contributed by atoms with Gasteiger partial charge < -0.3 is 20.1 Å². The third-order valence-electron chi connectivity index (χ3n) is 3.11. The van der Waals surface area contributed by atoms with Crippen LogP contribution in [-0.4, -0.2) is 39.5 Å². The SMILES string of the molecule is CCOCCN(CCOCC)c1cccc(N)c1C. The molecule has 19 heavy (non-hydrogen) atoms. The van der Waals surface area contributed by atoms with E-state index in [0.29, 0.717) is 0 Å². The van der Waals surface area contributed by atoms with E-state index in [1.807, 2.05) is 26.0 Å². The van der Waals surface area contributed by atoms with Crippen molar-refractivity contribution in [2.24, 2.45) is 0 Å². The zero-order valence-corrected chi connectivity index (χ0v) is 12.3. The third kappa shape index (κ3) is 5.09. The number of hydrogen-bond acceptors (Lipinski definition) is 4. The number of benzene rings is 1. The molecule has 0 saturated heterocycles. The van der Waals surface area contributed by atoms with Crippen LogP contribution in [0, 0.1) is 6.92 Å². The molecular formula is C15H26N2O2. The molecule has 108 valence electrons. The Kier molecular flexibility index (Phi) is 7.30. The van der Waals surface area contributed by atoms with E-state index in [0.717, 1.165) is 50.8 Å². The number of hydrogen-bond donors (Lipinski definition) is 1. The number of ether oxygens (including phenoxy) is 2. The predicted octanol–water partition coefficient (Wildman–Crippen LogP) is 2.46. The van der Waals surface area contributed by atoms with Gasteiger partial charge in [-0.3, -0.25) is 0 Å². The highest BCUT2D eigenvalue weighted by Crippen LogP contribution is 2.24. The Bertz CT molecular complexity index is 359. The Morgan fingerprint density at radius 3 is 2.16 bits per heavy atom. The van der Waals surface area contributed by atoms with E-state index in [4.69, 9.17) is 15.2 Å². The molecular weight excluding hydrogens is 240 g/mol. The quantitative estimate of drug-likeness (QED) is 0.551. The molecule has 0 saturated carbocycles. The van der Waals surface area contributed by atoms with E-state index >= 15 is 0 Å². The van der Waals surface area contributed by atoms with Crippen molar-refractivity contribution in [1.82, 2.24) is 0 Å². The van der Waals surface area contributed by atoms with Crippen LogP contribution < -0.4 is 10.6 Å². The second-order valence-corrected chi connectivity index (χ2v) is 4.37. The Morgan fingerprint density at radius 2 is 1.63 bits per heavy atom. The fraction of sp³-hybridized carbons (Fsp3) is 0.600. The minimum Gasteiger partial charge on any atom is -0.398 e. The van der Waals surface area contributed by atoms with Crippen molar-refractivity contribution in [3.05, 3.63) is 23.8 Å². The van der Waals surface area contributed by atoms with Crippen LogP contribution >= 0.6 is 0 Å². The minimum atomic E-state index is 0.719. The second-order valence-electron chi connectivity index (χ2n) is 4.37. The Morgan fingerprint density at radius 1 is 1.05 bits per heavy atom. The van der Waals surface area contributed by atoms with Gasteiger partial charge in [0.05, 0.1) is 13.2 Å². The van der Waals surface area contributed by atoms with Gasteiger partial charge in [-0.15, -0.1) is 0 Å². The van der Waals surface area contributed by atoms with Crippen molar-refractivity contribution in [3.63, 3.8) is 0 Å². The number of nitrogens with zero attached hydrogens (tertiary/aromatic N) is 1. The van der Waals surface area contributed by atoms with Crippen LogP contribution in [0.5, 0.6) is 0 Å². The summed E-state index contributed by atoms with van der Waals surface area (Å²) in [6.45, 7) is 10.7. The summed E-state index contributed by atoms with van der Waals surface area (Å²) >= 11 is 0. The third-order valence-corrected chi connectivity index (χ3v) is 3.11. The molecule has 0 aromatic heterocycles. The molecule has 4 nitrogen and oxygen atoms in total. The molecule has 0 spiro atoms. The maximum atomic E-state index is 5.98. The summed E-state index contributed by atoms with van der Waals surface area (Å²) in [7, 11) is 0. The van der Waals surface area contributed by atoms with E-state index in [2.05, 4.69) is 17.9 Å². The van der Waals surface area contributed by atoms with Gasteiger partial charge in [0, 0.05) is 37.7 Å². The molecule has 0 amide bonds. The van der Waals surface area contributed by atoms with E-state index in [1.165, 1.54) is 5.69 Å². The molecule has 4 heteroatoms.